The third-order valence-electron chi connectivity index (χ3n) is 7.42. The molecule has 10 heteroatoms. The third-order valence-corrected chi connectivity index (χ3v) is 9.64. The topological polar surface area (TPSA) is 115 Å². The van der Waals surface area contributed by atoms with Crippen LogP contribution in [0.25, 0.3) is 0 Å². The highest BCUT2D eigenvalue weighted by molar-refractivity contribution is 7.58. The number of aromatic nitrogens is 2. The molecule has 2 heterocycles. The molecular weight excluding hydrogens is 589 g/mol. The van der Waals surface area contributed by atoms with Gasteiger partial charge in [0.2, 0.25) is 5.50 Å². The molecule has 1 aliphatic rings. The Balaban J connectivity index is 1.62. The Morgan fingerprint density at radius 1 is 0.867 bits per heavy atom. The van der Waals surface area contributed by atoms with Crippen molar-refractivity contribution in [3.8, 4) is 0 Å². The standard InChI is InChI=1S/C35H40N3O6P/c1-25(2)43-45(40,44-26(3)4)33-21-20-30(38-23-22-32(36)37-34(38)39)31(42-33)24-41-35(27-14-8-5-9-15-27,28-16-10-6-11-17-28)29-18-12-7-13-19-29/h5-19,21-23,25-26,30-31H,20,24H2,1-4H3,(H2,36,37,39)/t30-,31-/m1/s1. The Bertz CT molecular complexity index is 1580. The molecule has 0 saturated carbocycles. The van der Waals surface area contributed by atoms with Crippen molar-refractivity contribution in [3.05, 3.63) is 142 Å². The van der Waals surface area contributed by atoms with Gasteiger partial charge in [0.15, 0.2) is 0 Å². The van der Waals surface area contributed by atoms with E-state index in [0.29, 0.717) is 0 Å². The number of ether oxygens (including phenoxy) is 2. The fraction of sp³-hybridized carbons (Fsp3) is 0.314. The molecule has 0 radical (unpaired) electrons. The van der Waals surface area contributed by atoms with Gasteiger partial charge in [0.05, 0.1) is 24.9 Å². The molecule has 5 rings (SSSR count). The summed E-state index contributed by atoms with van der Waals surface area (Å²) in [6, 6.07) is 30.9. The molecule has 0 bridgehead atoms. The summed E-state index contributed by atoms with van der Waals surface area (Å²) in [4.78, 5) is 17.0. The van der Waals surface area contributed by atoms with E-state index in [1.54, 1.807) is 46.0 Å². The maximum atomic E-state index is 14.2. The van der Waals surface area contributed by atoms with E-state index in [0.717, 1.165) is 16.7 Å². The molecule has 45 heavy (non-hydrogen) atoms. The summed E-state index contributed by atoms with van der Waals surface area (Å²) in [5.41, 5.74) is 7.07. The zero-order valence-electron chi connectivity index (χ0n) is 26.0. The summed E-state index contributed by atoms with van der Waals surface area (Å²) in [5.74, 6) is 0.119. The number of benzene rings is 3. The molecule has 0 saturated heterocycles. The number of hydrogen-bond donors (Lipinski definition) is 1. The van der Waals surface area contributed by atoms with Crippen LogP contribution in [-0.2, 0) is 28.7 Å². The van der Waals surface area contributed by atoms with Gasteiger partial charge in [0, 0.05) is 6.20 Å². The summed E-state index contributed by atoms with van der Waals surface area (Å²) in [6.45, 7) is 7.15. The summed E-state index contributed by atoms with van der Waals surface area (Å²) in [5, 5.41) is 0. The number of allylic oxidation sites excluding steroid dienone is 1. The molecule has 0 unspecified atom stereocenters. The van der Waals surface area contributed by atoms with E-state index in [2.05, 4.69) is 4.98 Å². The van der Waals surface area contributed by atoms with Crippen molar-refractivity contribution in [3.63, 3.8) is 0 Å². The van der Waals surface area contributed by atoms with Crippen molar-refractivity contribution in [2.24, 2.45) is 0 Å². The van der Waals surface area contributed by atoms with Gasteiger partial charge in [-0.1, -0.05) is 91.0 Å². The monoisotopic (exact) mass is 629 g/mol. The van der Waals surface area contributed by atoms with Crippen LogP contribution in [0.2, 0.25) is 0 Å². The fourth-order valence-corrected chi connectivity index (χ4v) is 7.57. The van der Waals surface area contributed by atoms with E-state index in [1.165, 1.54) is 4.57 Å². The Morgan fingerprint density at radius 2 is 1.36 bits per heavy atom. The van der Waals surface area contributed by atoms with Crippen LogP contribution in [0.4, 0.5) is 5.82 Å². The zero-order chi connectivity index (χ0) is 32.0. The first-order valence-corrected chi connectivity index (χ1v) is 16.7. The van der Waals surface area contributed by atoms with Gasteiger partial charge in [-0.05, 0) is 62.9 Å². The Kier molecular flexibility index (Phi) is 10.0. The van der Waals surface area contributed by atoms with Gasteiger partial charge in [-0.2, -0.15) is 4.98 Å². The van der Waals surface area contributed by atoms with Gasteiger partial charge in [-0.15, -0.1) is 0 Å². The molecule has 1 aliphatic heterocycles. The molecule has 1 aromatic heterocycles. The number of anilines is 1. The van der Waals surface area contributed by atoms with Gasteiger partial charge < -0.3 is 24.3 Å². The molecule has 0 spiro atoms. The summed E-state index contributed by atoms with van der Waals surface area (Å²) < 4.78 is 41.0. The molecule has 0 aliphatic carbocycles. The van der Waals surface area contributed by atoms with E-state index in [4.69, 9.17) is 24.3 Å². The van der Waals surface area contributed by atoms with Crippen LogP contribution in [0.5, 0.6) is 0 Å². The van der Waals surface area contributed by atoms with Crippen LogP contribution in [-0.4, -0.2) is 34.5 Å². The van der Waals surface area contributed by atoms with Crippen LogP contribution >= 0.6 is 7.60 Å². The van der Waals surface area contributed by atoms with Crippen LogP contribution in [0.3, 0.4) is 0 Å². The first-order chi connectivity index (χ1) is 21.6. The average Bonchev–Trinajstić information content (AvgIpc) is 3.02. The zero-order valence-corrected chi connectivity index (χ0v) is 26.9. The lowest BCUT2D eigenvalue weighted by molar-refractivity contribution is -0.0673. The molecule has 2 atom stereocenters. The lowest BCUT2D eigenvalue weighted by Gasteiger charge is -2.40. The first-order valence-electron chi connectivity index (χ1n) is 15.1. The Hall–Kier alpha value is -4.01. The Labute approximate surface area is 264 Å². The summed E-state index contributed by atoms with van der Waals surface area (Å²) in [7, 11) is -3.86. The van der Waals surface area contributed by atoms with Crippen molar-refractivity contribution in [2.45, 2.75) is 64.1 Å². The van der Waals surface area contributed by atoms with E-state index in [-0.39, 0.29) is 24.3 Å². The van der Waals surface area contributed by atoms with Crippen LogP contribution in [0.1, 0.15) is 56.8 Å². The third kappa shape index (κ3) is 7.13. The fourth-order valence-electron chi connectivity index (χ4n) is 5.61. The highest BCUT2D eigenvalue weighted by Gasteiger charge is 2.44. The summed E-state index contributed by atoms with van der Waals surface area (Å²) in [6.07, 6.45) is 1.99. The molecular formula is C35H40N3O6P. The first kappa shape index (κ1) is 32.4. The van der Waals surface area contributed by atoms with Gasteiger partial charge in [0.25, 0.3) is 0 Å². The average molecular weight is 630 g/mol. The van der Waals surface area contributed by atoms with E-state index in [9.17, 15) is 9.36 Å². The smallest absolute Gasteiger partial charge is 0.395 e. The quantitative estimate of drug-likeness (QED) is 0.131. The lowest BCUT2D eigenvalue weighted by atomic mass is 9.80. The SMILES string of the molecule is CC(C)OP(=O)(OC(C)C)C1=CC[C@@H](n2ccc(N)nc2=O)[C@@H](COC(c2ccccc2)(c2ccccc2)c2ccccc2)O1. The highest BCUT2D eigenvalue weighted by Crippen LogP contribution is 2.60. The molecule has 9 nitrogen and oxygen atoms in total. The second-order valence-corrected chi connectivity index (χ2v) is 13.3. The molecule has 0 amide bonds. The van der Waals surface area contributed by atoms with Crippen molar-refractivity contribution >= 4 is 13.4 Å². The summed E-state index contributed by atoms with van der Waals surface area (Å²) >= 11 is 0. The predicted octanol–water partition coefficient (Wildman–Crippen LogP) is 7.05. The number of rotatable bonds is 12. The molecule has 236 valence electrons. The van der Waals surface area contributed by atoms with Crippen molar-refractivity contribution < 1.29 is 23.1 Å². The van der Waals surface area contributed by atoms with E-state index >= 15 is 0 Å². The highest BCUT2D eigenvalue weighted by atomic mass is 31.2. The van der Waals surface area contributed by atoms with E-state index < -0.39 is 43.2 Å². The maximum Gasteiger partial charge on any atom is 0.395 e. The van der Waals surface area contributed by atoms with Crippen molar-refractivity contribution in [2.75, 3.05) is 12.3 Å². The predicted molar refractivity (Wildman–Crippen MR) is 175 cm³/mol. The number of nitrogens with two attached hydrogens (primary N) is 1. The minimum atomic E-state index is -3.86. The number of hydrogen-bond acceptors (Lipinski definition) is 8. The molecule has 4 aromatic rings. The van der Waals surface area contributed by atoms with Gasteiger partial charge in [-0.25, -0.2) is 4.79 Å². The Morgan fingerprint density at radius 3 is 1.80 bits per heavy atom. The second-order valence-electron chi connectivity index (χ2n) is 11.4. The van der Waals surface area contributed by atoms with Crippen LogP contribution in [0.15, 0.2) is 120 Å². The normalized spacial score (nSPS) is 17.2. The minimum Gasteiger partial charge on any atom is -0.478 e. The van der Waals surface area contributed by atoms with Crippen LogP contribution < -0.4 is 11.4 Å². The number of nitrogen functional groups attached to an aromatic ring is 1. The minimum absolute atomic E-state index is 0.000856. The molecule has 2 N–H and O–H groups in total. The second kappa shape index (κ2) is 14.0. The molecule has 3 aromatic carbocycles. The van der Waals surface area contributed by atoms with Gasteiger partial charge in [-0.3, -0.25) is 9.13 Å². The lowest BCUT2D eigenvalue weighted by Crippen LogP contribution is -2.42. The van der Waals surface area contributed by atoms with Crippen molar-refractivity contribution in [1.82, 2.24) is 9.55 Å². The van der Waals surface area contributed by atoms with E-state index in [1.807, 2.05) is 91.0 Å². The largest absolute Gasteiger partial charge is 0.478 e. The number of nitrogens with zero attached hydrogens (tertiary/aromatic N) is 2. The maximum absolute atomic E-state index is 14.2. The molecule has 0 fully saturated rings. The van der Waals surface area contributed by atoms with Crippen LogP contribution in [0, 0.1) is 0 Å². The van der Waals surface area contributed by atoms with Crippen molar-refractivity contribution in [1.29, 1.82) is 0 Å². The van der Waals surface area contributed by atoms with Gasteiger partial charge >= 0.3 is 13.3 Å². The van der Waals surface area contributed by atoms with Gasteiger partial charge in [0.1, 0.15) is 17.5 Å².